The second-order valence-electron chi connectivity index (χ2n) is 7.98. The second-order valence-corrected chi connectivity index (χ2v) is 9.07. The first-order valence-corrected chi connectivity index (χ1v) is 11.7. The van der Waals surface area contributed by atoms with Crippen molar-refractivity contribution < 1.29 is 14.0 Å². The van der Waals surface area contributed by atoms with Crippen molar-refractivity contribution >= 4 is 35.3 Å². The van der Waals surface area contributed by atoms with Crippen molar-refractivity contribution in [2.24, 2.45) is 0 Å². The molecular weight excluding hydrogens is 435 g/mol. The summed E-state index contributed by atoms with van der Waals surface area (Å²) < 4.78 is 14.2. The maximum Gasteiger partial charge on any atom is 0.265 e. The Morgan fingerprint density at radius 3 is 2.52 bits per heavy atom. The number of carbonyl (C=O) groups is 2. The molecule has 1 unspecified atom stereocenters. The van der Waals surface area contributed by atoms with Crippen LogP contribution >= 0.6 is 11.8 Å². The standard InChI is InChI=1S/C27H25FN2O2S/c1-19(15-16-20-9-3-2-4-10-20)29-26(31)18-30-23-13-7-8-14-24(23)33-25(27(30)32)17-21-11-5-6-12-22(21)28/h2-14,17,19H,15-16,18H2,1H3,(H,29,31). The number of para-hydroxylation sites is 1. The Labute approximate surface area is 197 Å². The maximum absolute atomic E-state index is 14.2. The van der Waals surface area contributed by atoms with Gasteiger partial charge < -0.3 is 5.32 Å². The zero-order chi connectivity index (χ0) is 23.2. The molecule has 0 saturated carbocycles. The predicted molar refractivity (Wildman–Crippen MR) is 131 cm³/mol. The van der Waals surface area contributed by atoms with Gasteiger partial charge in [0.2, 0.25) is 5.91 Å². The molecule has 3 aromatic rings. The molecule has 4 rings (SSSR count). The first-order chi connectivity index (χ1) is 16.0. The largest absolute Gasteiger partial charge is 0.352 e. The minimum Gasteiger partial charge on any atom is -0.352 e. The van der Waals surface area contributed by atoms with Gasteiger partial charge in [-0.2, -0.15) is 0 Å². The van der Waals surface area contributed by atoms with Crippen LogP contribution in [0.4, 0.5) is 10.1 Å². The predicted octanol–water partition coefficient (Wildman–Crippen LogP) is 5.44. The summed E-state index contributed by atoms with van der Waals surface area (Å²) in [4.78, 5) is 28.8. The van der Waals surface area contributed by atoms with Gasteiger partial charge in [-0.3, -0.25) is 14.5 Å². The first kappa shape index (κ1) is 22.8. The molecule has 1 aliphatic heterocycles. The number of hydrogen-bond acceptors (Lipinski definition) is 3. The topological polar surface area (TPSA) is 49.4 Å². The molecule has 0 aliphatic carbocycles. The highest BCUT2D eigenvalue weighted by Gasteiger charge is 2.30. The van der Waals surface area contributed by atoms with Gasteiger partial charge in [-0.1, -0.05) is 72.4 Å². The number of thioether (sulfide) groups is 1. The zero-order valence-corrected chi connectivity index (χ0v) is 19.1. The van der Waals surface area contributed by atoms with E-state index in [1.54, 1.807) is 24.3 Å². The van der Waals surface area contributed by atoms with Crippen LogP contribution in [0.15, 0.2) is 88.7 Å². The van der Waals surface area contributed by atoms with Gasteiger partial charge in [0.25, 0.3) is 5.91 Å². The van der Waals surface area contributed by atoms with Crippen LogP contribution in [0.2, 0.25) is 0 Å². The molecule has 0 saturated heterocycles. The van der Waals surface area contributed by atoms with Crippen molar-refractivity contribution in [1.29, 1.82) is 0 Å². The first-order valence-electron chi connectivity index (χ1n) is 10.9. The number of anilines is 1. The summed E-state index contributed by atoms with van der Waals surface area (Å²) in [5.74, 6) is -0.932. The lowest BCUT2D eigenvalue weighted by Gasteiger charge is -2.30. The summed E-state index contributed by atoms with van der Waals surface area (Å²) in [6, 6.07) is 23.9. The molecule has 0 fully saturated rings. The molecule has 0 radical (unpaired) electrons. The van der Waals surface area contributed by atoms with Crippen LogP contribution in [-0.4, -0.2) is 24.4 Å². The molecule has 1 atom stereocenters. The van der Waals surface area contributed by atoms with E-state index in [0.29, 0.717) is 16.2 Å². The third-order valence-corrected chi connectivity index (χ3v) is 6.52. The summed E-state index contributed by atoms with van der Waals surface area (Å²) in [6.07, 6.45) is 3.21. The van der Waals surface area contributed by atoms with Crippen molar-refractivity contribution in [3.05, 3.63) is 101 Å². The number of nitrogens with one attached hydrogen (secondary N) is 1. The Hall–Kier alpha value is -3.38. The molecule has 0 aromatic heterocycles. The lowest BCUT2D eigenvalue weighted by Crippen LogP contribution is -2.45. The van der Waals surface area contributed by atoms with Gasteiger partial charge in [-0.05, 0) is 49.6 Å². The van der Waals surface area contributed by atoms with Crippen LogP contribution in [0.25, 0.3) is 6.08 Å². The van der Waals surface area contributed by atoms with Crippen molar-refractivity contribution in [3.8, 4) is 0 Å². The molecule has 1 heterocycles. The monoisotopic (exact) mass is 460 g/mol. The Morgan fingerprint density at radius 1 is 1.03 bits per heavy atom. The van der Waals surface area contributed by atoms with Crippen LogP contribution in [0.3, 0.4) is 0 Å². The van der Waals surface area contributed by atoms with Gasteiger partial charge in [-0.15, -0.1) is 0 Å². The highest BCUT2D eigenvalue weighted by Crippen LogP contribution is 2.42. The number of rotatable bonds is 7. The molecular formula is C27H25FN2O2S. The third kappa shape index (κ3) is 5.71. The van der Waals surface area contributed by atoms with E-state index in [0.717, 1.165) is 17.7 Å². The molecule has 3 aromatic carbocycles. The second kappa shape index (κ2) is 10.5. The van der Waals surface area contributed by atoms with Gasteiger partial charge in [0.1, 0.15) is 12.4 Å². The number of fused-ring (bicyclic) bond motifs is 1. The normalized spacial score (nSPS) is 15.3. The van der Waals surface area contributed by atoms with Crippen molar-refractivity contribution in [2.45, 2.75) is 30.7 Å². The summed E-state index contributed by atoms with van der Waals surface area (Å²) >= 11 is 1.29. The van der Waals surface area contributed by atoms with Crippen LogP contribution in [-0.2, 0) is 16.0 Å². The molecule has 4 nitrogen and oxygen atoms in total. The van der Waals surface area contributed by atoms with Crippen LogP contribution in [0.5, 0.6) is 0 Å². The van der Waals surface area contributed by atoms with E-state index >= 15 is 0 Å². The quantitative estimate of drug-likeness (QED) is 0.478. The molecule has 33 heavy (non-hydrogen) atoms. The van der Waals surface area contributed by atoms with Gasteiger partial charge >= 0.3 is 0 Å². The van der Waals surface area contributed by atoms with Gasteiger partial charge in [0.05, 0.1) is 10.6 Å². The number of halogens is 1. The fraction of sp³-hybridized carbons (Fsp3) is 0.185. The van der Waals surface area contributed by atoms with Crippen LogP contribution < -0.4 is 10.2 Å². The van der Waals surface area contributed by atoms with Gasteiger partial charge in [0, 0.05) is 16.5 Å². The van der Waals surface area contributed by atoms with Crippen LogP contribution in [0, 0.1) is 5.82 Å². The SMILES string of the molecule is CC(CCc1ccccc1)NC(=O)CN1C(=O)C(=Cc2ccccc2F)Sc2ccccc21. The summed E-state index contributed by atoms with van der Waals surface area (Å²) in [5.41, 5.74) is 2.25. The molecule has 6 heteroatoms. The molecule has 0 spiro atoms. The van der Waals surface area contributed by atoms with E-state index in [9.17, 15) is 14.0 Å². The summed E-state index contributed by atoms with van der Waals surface area (Å²) in [5, 5.41) is 3.00. The number of carbonyl (C=O) groups excluding carboxylic acids is 2. The van der Waals surface area contributed by atoms with E-state index in [4.69, 9.17) is 0 Å². The highest BCUT2D eigenvalue weighted by atomic mass is 32.2. The number of aryl methyl sites for hydroxylation is 1. The van der Waals surface area contributed by atoms with E-state index in [-0.39, 0.29) is 24.4 Å². The highest BCUT2D eigenvalue weighted by molar-refractivity contribution is 8.04. The van der Waals surface area contributed by atoms with Gasteiger partial charge in [-0.25, -0.2) is 4.39 Å². The van der Waals surface area contributed by atoms with E-state index in [1.807, 2.05) is 49.4 Å². The minimum absolute atomic E-state index is 0.0318. The van der Waals surface area contributed by atoms with Crippen molar-refractivity contribution in [2.75, 3.05) is 11.4 Å². The Bertz CT molecular complexity index is 1180. The lowest BCUT2D eigenvalue weighted by atomic mass is 10.1. The Balaban J connectivity index is 1.48. The Morgan fingerprint density at radius 2 is 1.73 bits per heavy atom. The molecule has 2 amide bonds. The average Bonchev–Trinajstić information content (AvgIpc) is 2.82. The minimum atomic E-state index is -0.395. The number of nitrogens with zero attached hydrogens (tertiary/aromatic N) is 1. The van der Waals surface area contributed by atoms with Crippen molar-refractivity contribution in [3.63, 3.8) is 0 Å². The van der Waals surface area contributed by atoms with Crippen molar-refractivity contribution in [1.82, 2.24) is 5.32 Å². The summed E-state index contributed by atoms with van der Waals surface area (Å²) in [6.45, 7) is 1.87. The van der Waals surface area contributed by atoms with E-state index in [2.05, 4.69) is 17.4 Å². The molecule has 168 valence electrons. The smallest absolute Gasteiger partial charge is 0.265 e. The van der Waals surface area contributed by atoms with Crippen LogP contribution in [0.1, 0.15) is 24.5 Å². The Kier molecular flexibility index (Phi) is 7.25. The van der Waals surface area contributed by atoms with Gasteiger partial charge in [0.15, 0.2) is 0 Å². The molecule has 1 aliphatic rings. The summed E-state index contributed by atoms with van der Waals surface area (Å²) in [7, 11) is 0. The number of benzene rings is 3. The molecule has 1 N–H and O–H groups in total. The number of hydrogen-bond donors (Lipinski definition) is 1. The zero-order valence-electron chi connectivity index (χ0n) is 18.3. The third-order valence-electron chi connectivity index (χ3n) is 5.44. The molecule has 0 bridgehead atoms. The average molecular weight is 461 g/mol. The van der Waals surface area contributed by atoms with E-state index in [1.165, 1.54) is 28.3 Å². The number of amides is 2. The lowest BCUT2D eigenvalue weighted by molar-refractivity contribution is -0.122. The van der Waals surface area contributed by atoms with E-state index < -0.39 is 5.82 Å². The fourth-order valence-electron chi connectivity index (χ4n) is 3.72. The fourth-order valence-corrected chi connectivity index (χ4v) is 4.77. The maximum atomic E-state index is 14.2.